The fraction of sp³-hybridized carbons (Fsp3) is 1.00. The average molecular weight is 199 g/mol. The van der Waals surface area contributed by atoms with Gasteiger partial charge in [0.05, 0.1) is 0 Å². The van der Waals surface area contributed by atoms with E-state index in [-0.39, 0.29) is 12.0 Å². The zero-order valence-electron chi connectivity index (χ0n) is 9.90. The maximum atomic E-state index is 9.25. The molecule has 1 aliphatic carbocycles. The largest absolute Gasteiger partial charge is 0.396 e. The molecule has 1 aliphatic rings. The molecule has 0 aromatic carbocycles. The van der Waals surface area contributed by atoms with Crippen LogP contribution in [0, 0.1) is 10.8 Å². The minimum Gasteiger partial charge on any atom is -0.396 e. The molecule has 2 nitrogen and oxygen atoms in total. The highest BCUT2D eigenvalue weighted by Crippen LogP contribution is 2.47. The second-order valence-corrected chi connectivity index (χ2v) is 5.28. The Morgan fingerprint density at radius 3 is 2.36 bits per heavy atom. The maximum absolute atomic E-state index is 9.25. The van der Waals surface area contributed by atoms with Gasteiger partial charge in [-0.15, -0.1) is 0 Å². The van der Waals surface area contributed by atoms with E-state index >= 15 is 0 Å². The number of hydrogen-bond acceptors (Lipinski definition) is 2. The molecule has 0 heterocycles. The highest BCUT2D eigenvalue weighted by Gasteiger charge is 2.40. The summed E-state index contributed by atoms with van der Waals surface area (Å²) in [6, 6.07) is 0. The van der Waals surface area contributed by atoms with E-state index in [1.54, 1.807) is 0 Å². The third-order valence-corrected chi connectivity index (χ3v) is 3.99. The summed E-state index contributed by atoms with van der Waals surface area (Å²) >= 11 is 0. The first-order valence-corrected chi connectivity index (χ1v) is 5.91. The van der Waals surface area contributed by atoms with Crippen LogP contribution < -0.4 is 5.32 Å². The second kappa shape index (κ2) is 4.63. The van der Waals surface area contributed by atoms with Gasteiger partial charge in [-0.25, -0.2) is 0 Å². The summed E-state index contributed by atoms with van der Waals surface area (Å²) in [6.07, 6.45) is 5.11. The van der Waals surface area contributed by atoms with Crippen molar-refractivity contribution in [1.29, 1.82) is 0 Å². The minimum absolute atomic E-state index is 0.0732. The van der Waals surface area contributed by atoms with Crippen LogP contribution in [0.4, 0.5) is 0 Å². The van der Waals surface area contributed by atoms with Crippen molar-refractivity contribution in [3.63, 3.8) is 0 Å². The normalized spacial score (nSPS) is 23.1. The molecule has 84 valence electrons. The Kier molecular flexibility index (Phi) is 3.96. The number of nitrogens with one attached hydrogen (secondary N) is 1. The van der Waals surface area contributed by atoms with Crippen LogP contribution in [0.25, 0.3) is 0 Å². The lowest BCUT2D eigenvalue weighted by atomic mass is 9.88. The van der Waals surface area contributed by atoms with Crippen LogP contribution in [0.15, 0.2) is 0 Å². The molecule has 0 amide bonds. The molecule has 1 rings (SSSR count). The molecule has 0 saturated heterocycles. The zero-order chi connectivity index (χ0) is 10.7. The van der Waals surface area contributed by atoms with Crippen molar-refractivity contribution in [3.8, 4) is 0 Å². The van der Waals surface area contributed by atoms with Crippen LogP contribution in [0.3, 0.4) is 0 Å². The molecule has 0 radical (unpaired) electrons. The molecule has 1 unspecified atom stereocenters. The van der Waals surface area contributed by atoms with Crippen LogP contribution in [0.1, 0.15) is 46.5 Å². The van der Waals surface area contributed by atoms with Gasteiger partial charge in [0.25, 0.3) is 0 Å². The first-order chi connectivity index (χ1) is 6.60. The molecule has 0 aromatic rings. The van der Waals surface area contributed by atoms with Crippen LogP contribution in [-0.2, 0) is 0 Å². The molecule has 0 aliphatic heterocycles. The van der Waals surface area contributed by atoms with Gasteiger partial charge in [0, 0.05) is 25.1 Å². The smallest absolute Gasteiger partial charge is 0.0496 e. The average Bonchev–Trinajstić information content (AvgIpc) is 2.98. The Labute approximate surface area is 88.1 Å². The molecule has 1 atom stereocenters. The molecular weight excluding hydrogens is 174 g/mol. The van der Waals surface area contributed by atoms with Crippen molar-refractivity contribution < 1.29 is 5.11 Å². The van der Waals surface area contributed by atoms with Crippen LogP contribution in [-0.4, -0.2) is 24.8 Å². The summed E-state index contributed by atoms with van der Waals surface area (Å²) in [7, 11) is 0. The van der Waals surface area contributed by atoms with E-state index in [0.717, 1.165) is 19.5 Å². The SMILES string of the molecule is CCC(C)(CO)CNCC1(CC)CC1. The fourth-order valence-electron chi connectivity index (χ4n) is 1.75. The van der Waals surface area contributed by atoms with Gasteiger partial charge < -0.3 is 10.4 Å². The fourth-order valence-corrected chi connectivity index (χ4v) is 1.75. The van der Waals surface area contributed by atoms with Gasteiger partial charge in [-0.05, 0) is 31.1 Å². The van der Waals surface area contributed by atoms with E-state index in [0.29, 0.717) is 5.41 Å². The molecule has 0 aromatic heterocycles. The first-order valence-electron chi connectivity index (χ1n) is 5.91. The van der Waals surface area contributed by atoms with E-state index in [9.17, 15) is 5.11 Å². The molecular formula is C12H25NO. The van der Waals surface area contributed by atoms with Crippen molar-refractivity contribution >= 4 is 0 Å². The lowest BCUT2D eigenvalue weighted by Crippen LogP contribution is -2.37. The topological polar surface area (TPSA) is 32.3 Å². The van der Waals surface area contributed by atoms with E-state index < -0.39 is 0 Å². The van der Waals surface area contributed by atoms with Gasteiger partial charge >= 0.3 is 0 Å². The van der Waals surface area contributed by atoms with Gasteiger partial charge in [-0.1, -0.05) is 20.8 Å². The van der Waals surface area contributed by atoms with Crippen LogP contribution >= 0.6 is 0 Å². The Morgan fingerprint density at radius 2 is 2.00 bits per heavy atom. The van der Waals surface area contributed by atoms with E-state index in [1.165, 1.54) is 19.3 Å². The third-order valence-electron chi connectivity index (χ3n) is 3.99. The summed E-state index contributed by atoms with van der Waals surface area (Å²) in [5, 5.41) is 12.8. The number of aliphatic hydroxyl groups excluding tert-OH is 1. The van der Waals surface area contributed by atoms with Crippen LogP contribution in [0.5, 0.6) is 0 Å². The highest BCUT2D eigenvalue weighted by molar-refractivity contribution is 4.94. The molecule has 1 saturated carbocycles. The monoisotopic (exact) mass is 199 g/mol. The zero-order valence-corrected chi connectivity index (χ0v) is 9.90. The molecule has 2 N–H and O–H groups in total. The summed E-state index contributed by atoms with van der Waals surface area (Å²) < 4.78 is 0. The predicted octanol–water partition coefficient (Wildman–Crippen LogP) is 2.17. The molecule has 2 heteroatoms. The molecule has 0 bridgehead atoms. The maximum Gasteiger partial charge on any atom is 0.0496 e. The van der Waals surface area contributed by atoms with Crippen molar-refractivity contribution in [3.05, 3.63) is 0 Å². The molecule has 1 fully saturated rings. The molecule has 0 spiro atoms. The summed E-state index contributed by atoms with van der Waals surface area (Å²) in [5.74, 6) is 0. The van der Waals surface area contributed by atoms with E-state index in [2.05, 4.69) is 26.1 Å². The third kappa shape index (κ3) is 2.96. The van der Waals surface area contributed by atoms with Crippen molar-refractivity contribution in [2.45, 2.75) is 46.5 Å². The number of hydrogen-bond donors (Lipinski definition) is 2. The lowest BCUT2D eigenvalue weighted by Gasteiger charge is -2.27. The summed E-state index contributed by atoms with van der Waals surface area (Å²) in [5.41, 5.74) is 0.688. The number of aliphatic hydroxyl groups is 1. The Balaban J connectivity index is 2.20. The first kappa shape index (κ1) is 12.0. The summed E-state index contributed by atoms with van der Waals surface area (Å²) in [4.78, 5) is 0. The predicted molar refractivity (Wildman–Crippen MR) is 60.3 cm³/mol. The lowest BCUT2D eigenvalue weighted by molar-refractivity contribution is 0.133. The van der Waals surface area contributed by atoms with Crippen molar-refractivity contribution in [2.24, 2.45) is 10.8 Å². The quantitative estimate of drug-likeness (QED) is 0.658. The van der Waals surface area contributed by atoms with Crippen molar-refractivity contribution in [1.82, 2.24) is 5.32 Å². The second-order valence-electron chi connectivity index (χ2n) is 5.28. The van der Waals surface area contributed by atoms with E-state index in [4.69, 9.17) is 0 Å². The van der Waals surface area contributed by atoms with Crippen LogP contribution in [0.2, 0.25) is 0 Å². The van der Waals surface area contributed by atoms with Gasteiger partial charge in [0.2, 0.25) is 0 Å². The highest BCUT2D eigenvalue weighted by atomic mass is 16.3. The minimum atomic E-state index is 0.0732. The van der Waals surface area contributed by atoms with Gasteiger partial charge in [-0.3, -0.25) is 0 Å². The molecule has 14 heavy (non-hydrogen) atoms. The Bertz CT molecular complexity index is 171. The number of rotatable bonds is 7. The van der Waals surface area contributed by atoms with Gasteiger partial charge in [-0.2, -0.15) is 0 Å². The summed E-state index contributed by atoms with van der Waals surface area (Å²) in [6.45, 7) is 8.94. The van der Waals surface area contributed by atoms with E-state index in [1.807, 2.05) is 0 Å². The Morgan fingerprint density at radius 1 is 1.36 bits per heavy atom. The van der Waals surface area contributed by atoms with Gasteiger partial charge in [0.1, 0.15) is 0 Å². The Hall–Kier alpha value is -0.0800. The van der Waals surface area contributed by atoms with Gasteiger partial charge in [0.15, 0.2) is 0 Å². The standard InChI is InChI=1S/C12H25NO/c1-4-11(3,10-14)8-13-9-12(5-2)6-7-12/h13-14H,4-10H2,1-3H3. The van der Waals surface area contributed by atoms with Crippen molar-refractivity contribution in [2.75, 3.05) is 19.7 Å².